The molecule has 0 aliphatic carbocycles. The molecule has 0 bridgehead atoms. The third kappa shape index (κ3) is 4.55. The summed E-state index contributed by atoms with van der Waals surface area (Å²) in [6, 6.07) is 5.41. The first-order valence-corrected chi connectivity index (χ1v) is 5.24. The van der Waals surface area contributed by atoms with E-state index in [1.807, 2.05) is 13.0 Å². The summed E-state index contributed by atoms with van der Waals surface area (Å²) in [4.78, 5) is 0. The molecular formula is C10H11BrF3N. The lowest BCUT2D eigenvalue weighted by atomic mass is 10.2. The molecule has 0 amide bonds. The van der Waals surface area contributed by atoms with Crippen LogP contribution >= 0.6 is 15.9 Å². The summed E-state index contributed by atoms with van der Waals surface area (Å²) in [5, 5.41) is 2.76. The molecule has 0 spiro atoms. The molecule has 15 heavy (non-hydrogen) atoms. The van der Waals surface area contributed by atoms with E-state index >= 15 is 0 Å². The molecule has 1 N–H and O–H groups in total. The van der Waals surface area contributed by atoms with Gasteiger partial charge in [0.1, 0.15) is 0 Å². The first kappa shape index (κ1) is 12.4. The molecule has 1 nitrogen and oxygen atoms in total. The molecular weight excluding hydrogens is 271 g/mol. The molecule has 5 heteroatoms. The minimum Gasteiger partial charge on any atom is -0.384 e. The van der Waals surface area contributed by atoms with E-state index in [1.54, 1.807) is 12.1 Å². The predicted octanol–water partition coefficient (Wildman–Crippen LogP) is 4.12. The van der Waals surface area contributed by atoms with Crippen LogP contribution in [0.1, 0.15) is 12.0 Å². The van der Waals surface area contributed by atoms with Crippen LogP contribution in [0.3, 0.4) is 0 Å². The van der Waals surface area contributed by atoms with E-state index < -0.39 is 12.6 Å². The monoisotopic (exact) mass is 281 g/mol. The van der Waals surface area contributed by atoms with Crippen molar-refractivity contribution < 1.29 is 13.2 Å². The second kappa shape index (κ2) is 4.88. The van der Waals surface area contributed by atoms with Gasteiger partial charge in [0.2, 0.25) is 0 Å². The highest BCUT2D eigenvalue weighted by Gasteiger charge is 2.26. The molecule has 0 radical (unpaired) electrons. The molecule has 0 unspecified atom stereocenters. The minimum absolute atomic E-state index is 0.0913. The highest BCUT2D eigenvalue weighted by molar-refractivity contribution is 9.10. The molecule has 1 aromatic rings. The normalized spacial score (nSPS) is 11.5. The van der Waals surface area contributed by atoms with Gasteiger partial charge in [-0.25, -0.2) is 0 Å². The Hall–Kier alpha value is -0.710. The molecule has 1 aromatic carbocycles. The number of hydrogen-bond donors (Lipinski definition) is 1. The van der Waals surface area contributed by atoms with Crippen LogP contribution in [-0.4, -0.2) is 12.7 Å². The maximum atomic E-state index is 11.9. The summed E-state index contributed by atoms with van der Waals surface area (Å²) in [5.74, 6) is 0. The summed E-state index contributed by atoms with van der Waals surface area (Å²) < 4.78 is 36.5. The van der Waals surface area contributed by atoms with Gasteiger partial charge in [0.05, 0.1) is 6.42 Å². The van der Waals surface area contributed by atoms with Crippen molar-refractivity contribution >= 4 is 21.6 Å². The van der Waals surface area contributed by atoms with Crippen molar-refractivity contribution in [2.24, 2.45) is 0 Å². The summed E-state index contributed by atoms with van der Waals surface area (Å²) in [5.41, 5.74) is 1.66. The predicted molar refractivity (Wildman–Crippen MR) is 58.0 cm³/mol. The molecule has 0 aromatic heterocycles. The van der Waals surface area contributed by atoms with Crippen molar-refractivity contribution in [3.05, 3.63) is 28.2 Å². The van der Waals surface area contributed by atoms with Crippen LogP contribution in [0, 0.1) is 6.92 Å². The fourth-order valence-corrected chi connectivity index (χ4v) is 1.64. The Labute approximate surface area is 94.8 Å². The Bertz CT molecular complexity index is 336. The van der Waals surface area contributed by atoms with E-state index in [9.17, 15) is 13.2 Å². The van der Waals surface area contributed by atoms with Crippen molar-refractivity contribution in [1.82, 2.24) is 0 Å². The Kier molecular flexibility index (Phi) is 4.02. The molecule has 0 fully saturated rings. The lowest BCUT2D eigenvalue weighted by molar-refractivity contribution is -0.131. The maximum Gasteiger partial charge on any atom is 0.390 e. The topological polar surface area (TPSA) is 12.0 Å². The van der Waals surface area contributed by atoms with Crippen molar-refractivity contribution in [3.8, 4) is 0 Å². The highest BCUT2D eigenvalue weighted by Crippen LogP contribution is 2.22. The number of benzene rings is 1. The first-order chi connectivity index (χ1) is 6.88. The first-order valence-electron chi connectivity index (χ1n) is 4.45. The van der Waals surface area contributed by atoms with E-state index in [0.717, 1.165) is 15.7 Å². The molecule has 0 atom stereocenters. The van der Waals surface area contributed by atoms with Crippen molar-refractivity contribution in [3.63, 3.8) is 0 Å². The van der Waals surface area contributed by atoms with Gasteiger partial charge in [-0.2, -0.15) is 13.2 Å². The molecule has 0 saturated heterocycles. The van der Waals surface area contributed by atoms with Crippen LogP contribution in [0.5, 0.6) is 0 Å². The highest BCUT2D eigenvalue weighted by atomic mass is 79.9. The molecule has 1 rings (SSSR count). The molecule has 0 aliphatic heterocycles. The summed E-state index contributed by atoms with van der Waals surface area (Å²) in [7, 11) is 0. The third-order valence-electron chi connectivity index (χ3n) is 1.91. The summed E-state index contributed by atoms with van der Waals surface area (Å²) in [6.45, 7) is 1.76. The molecule has 0 saturated carbocycles. The number of aryl methyl sites for hydroxylation is 1. The van der Waals surface area contributed by atoms with E-state index in [0.29, 0.717) is 0 Å². The number of nitrogens with one attached hydrogen (secondary N) is 1. The summed E-state index contributed by atoms with van der Waals surface area (Å²) >= 11 is 3.29. The summed E-state index contributed by atoms with van der Waals surface area (Å²) in [6.07, 6.45) is -4.92. The van der Waals surface area contributed by atoms with Crippen LogP contribution in [0.25, 0.3) is 0 Å². The Balaban J connectivity index is 2.51. The third-order valence-corrected chi connectivity index (χ3v) is 2.41. The number of anilines is 1. The number of alkyl halides is 3. The lowest BCUT2D eigenvalue weighted by Gasteiger charge is -2.11. The second-order valence-corrected chi connectivity index (χ2v) is 4.17. The number of rotatable bonds is 3. The molecule has 0 heterocycles. The number of halogens is 4. The van der Waals surface area contributed by atoms with Gasteiger partial charge in [-0.05, 0) is 30.7 Å². The van der Waals surface area contributed by atoms with Crippen LogP contribution < -0.4 is 5.32 Å². The van der Waals surface area contributed by atoms with Gasteiger partial charge in [0.25, 0.3) is 0 Å². The van der Waals surface area contributed by atoms with E-state index in [-0.39, 0.29) is 6.54 Å². The van der Waals surface area contributed by atoms with Crippen LogP contribution in [0.4, 0.5) is 18.9 Å². The minimum atomic E-state index is -4.10. The van der Waals surface area contributed by atoms with E-state index in [4.69, 9.17) is 0 Å². The van der Waals surface area contributed by atoms with Crippen LogP contribution in [0.15, 0.2) is 22.7 Å². The lowest BCUT2D eigenvalue weighted by Crippen LogP contribution is -2.14. The average Bonchev–Trinajstić information content (AvgIpc) is 2.07. The van der Waals surface area contributed by atoms with Gasteiger partial charge in [0, 0.05) is 16.7 Å². The zero-order valence-corrected chi connectivity index (χ0v) is 9.74. The second-order valence-electron chi connectivity index (χ2n) is 3.25. The van der Waals surface area contributed by atoms with Crippen molar-refractivity contribution in [1.29, 1.82) is 0 Å². The number of hydrogen-bond acceptors (Lipinski definition) is 1. The zero-order valence-electron chi connectivity index (χ0n) is 8.16. The molecule has 0 aliphatic rings. The van der Waals surface area contributed by atoms with Gasteiger partial charge >= 0.3 is 6.18 Å². The molecule has 84 valence electrons. The fraction of sp³-hybridized carbons (Fsp3) is 0.400. The fourth-order valence-electron chi connectivity index (χ4n) is 1.16. The van der Waals surface area contributed by atoms with Crippen LogP contribution in [-0.2, 0) is 0 Å². The van der Waals surface area contributed by atoms with Gasteiger partial charge in [-0.1, -0.05) is 15.9 Å². The largest absolute Gasteiger partial charge is 0.390 e. The standard InChI is InChI=1S/C10H11BrF3N/c1-7-6-8(11)2-3-9(7)15-5-4-10(12,13)14/h2-3,6,15H,4-5H2,1H3. The zero-order chi connectivity index (χ0) is 11.5. The van der Waals surface area contributed by atoms with E-state index in [2.05, 4.69) is 21.2 Å². The van der Waals surface area contributed by atoms with E-state index in [1.165, 1.54) is 0 Å². The van der Waals surface area contributed by atoms with Crippen molar-refractivity contribution in [2.75, 3.05) is 11.9 Å². The van der Waals surface area contributed by atoms with Crippen LogP contribution in [0.2, 0.25) is 0 Å². The smallest absolute Gasteiger partial charge is 0.384 e. The maximum absolute atomic E-state index is 11.9. The van der Waals surface area contributed by atoms with Gasteiger partial charge in [0.15, 0.2) is 0 Å². The average molecular weight is 282 g/mol. The van der Waals surface area contributed by atoms with Gasteiger partial charge in [-0.3, -0.25) is 0 Å². The Morgan fingerprint density at radius 1 is 1.33 bits per heavy atom. The van der Waals surface area contributed by atoms with Gasteiger partial charge < -0.3 is 5.32 Å². The Morgan fingerprint density at radius 3 is 2.53 bits per heavy atom. The SMILES string of the molecule is Cc1cc(Br)ccc1NCCC(F)(F)F. The quantitative estimate of drug-likeness (QED) is 0.879. The van der Waals surface area contributed by atoms with Gasteiger partial charge in [-0.15, -0.1) is 0 Å². The van der Waals surface area contributed by atoms with Crippen molar-refractivity contribution in [2.45, 2.75) is 19.5 Å². The Morgan fingerprint density at radius 2 is 2.00 bits per heavy atom.